The van der Waals surface area contributed by atoms with E-state index >= 15 is 0 Å². The maximum atomic E-state index is 12.6. The largest absolute Gasteiger partial charge is 0.315 e. The molecule has 28 heavy (non-hydrogen) atoms. The molecule has 1 amide bonds. The summed E-state index contributed by atoms with van der Waals surface area (Å²) in [5, 5.41) is 2.61. The van der Waals surface area contributed by atoms with Gasteiger partial charge in [0.05, 0.1) is 0 Å². The van der Waals surface area contributed by atoms with E-state index in [9.17, 15) is 4.79 Å². The van der Waals surface area contributed by atoms with Gasteiger partial charge >= 0.3 is 0 Å². The number of hydrogen-bond donors (Lipinski definition) is 0. The van der Waals surface area contributed by atoms with Gasteiger partial charge in [-0.1, -0.05) is 54.6 Å². The number of hydrogen-bond acceptors (Lipinski definition) is 2. The molecule has 0 spiro atoms. The van der Waals surface area contributed by atoms with Crippen molar-refractivity contribution in [3.8, 4) is 0 Å². The van der Waals surface area contributed by atoms with Crippen molar-refractivity contribution in [3.63, 3.8) is 0 Å². The number of likely N-dealkylation sites (tertiary alicyclic amines) is 1. The zero-order valence-corrected chi connectivity index (χ0v) is 16.6. The third kappa shape index (κ3) is 4.42. The monoisotopic (exact) mass is 372 g/mol. The van der Waals surface area contributed by atoms with Crippen LogP contribution in [0.25, 0.3) is 10.8 Å². The lowest BCUT2D eigenvalue weighted by atomic mass is 9.92. The first-order valence-electron chi connectivity index (χ1n) is 10.2. The van der Waals surface area contributed by atoms with E-state index in [1.807, 2.05) is 37.4 Å². The van der Waals surface area contributed by atoms with Gasteiger partial charge in [0, 0.05) is 25.7 Å². The van der Waals surface area contributed by atoms with E-state index < -0.39 is 0 Å². The van der Waals surface area contributed by atoms with Gasteiger partial charge in [0.25, 0.3) is 0 Å². The first kappa shape index (κ1) is 18.7. The van der Waals surface area contributed by atoms with E-state index in [4.69, 9.17) is 0 Å². The molecule has 0 radical (unpaired) electrons. The summed E-state index contributed by atoms with van der Waals surface area (Å²) in [5.74, 6) is 0.714. The number of amides is 1. The summed E-state index contributed by atoms with van der Waals surface area (Å²) in [6.45, 7) is 3.13. The van der Waals surface area contributed by atoms with Gasteiger partial charge in [-0.15, -0.1) is 0 Å². The summed E-state index contributed by atoms with van der Waals surface area (Å²) in [4.78, 5) is 16.9. The topological polar surface area (TPSA) is 23.6 Å². The average molecular weight is 373 g/mol. The molecule has 144 valence electrons. The molecule has 3 nitrogen and oxygen atoms in total. The zero-order valence-electron chi connectivity index (χ0n) is 16.6. The van der Waals surface area contributed by atoms with Crippen molar-refractivity contribution < 1.29 is 4.79 Å². The summed E-state index contributed by atoms with van der Waals surface area (Å²) < 4.78 is 0. The molecular weight excluding hydrogens is 344 g/mol. The first-order valence-corrected chi connectivity index (χ1v) is 10.2. The summed E-state index contributed by atoms with van der Waals surface area (Å²) in [6, 6.07) is 25.2. The van der Waals surface area contributed by atoms with Crippen LogP contribution in [0.5, 0.6) is 0 Å². The molecule has 3 aromatic rings. The van der Waals surface area contributed by atoms with E-state index in [1.54, 1.807) is 4.90 Å². The summed E-state index contributed by atoms with van der Waals surface area (Å²) in [7, 11) is 1.88. The van der Waals surface area contributed by atoms with Crippen molar-refractivity contribution in [1.82, 2.24) is 4.90 Å². The standard InChI is InChI=1S/C25H28N2O/c1-26(24-9-3-2-4-10-24)25(28)18-20-13-15-27(16-14-20)19-21-11-12-22-7-5-6-8-23(22)17-21/h2-12,17,20H,13-16,18-19H2,1H3. The molecule has 0 unspecified atom stereocenters. The van der Waals surface area contributed by atoms with Crippen molar-refractivity contribution in [2.45, 2.75) is 25.8 Å². The molecule has 0 bridgehead atoms. The quantitative estimate of drug-likeness (QED) is 0.622. The lowest BCUT2D eigenvalue weighted by molar-refractivity contribution is -0.119. The minimum absolute atomic E-state index is 0.221. The van der Waals surface area contributed by atoms with Crippen LogP contribution in [0.4, 0.5) is 5.69 Å². The molecule has 1 fully saturated rings. The Balaban J connectivity index is 1.28. The Morgan fingerprint density at radius 3 is 2.36 bits per heavy atom. The van der Waals surface area contributed by atoms with E-state index in [1.165, 1.54) is 16.3 Å². The number of anilines is 1. The fourth-order valence-electron chi connectivity index (χ4n) is 4.12. The highest BCUT2D eigenvalue weighted by atomic mass is 16.2. The van der Waals surface area contributed by atoms with Gasteiger partial charge in [0.1, 0.15) is 0 Å². The Kier molecular flexibility index (Phi) is 5.73. The fourth-order valence-corrected chi connectivity index (χ4v) is 4.12. The van der Waals surface area contributed by atoms with Gasteiger partial charge < -0.3 is 4.90 Å². The molecule has 0 N–H and O–H groups in total. The Morgan fingerprint density at radius 1 is 0.929 bits per heavy atom. The minimum atomic E-state index is 0.221. The highest BCUT2D eigenvalue weighted by molar-refractivity contribution is 5.92. The predicted molar refractivity (Wildman–Crippen MR) is 116 cm³/mol. The number of carbonyl (C=O) groups excluding carboxylic acids is 1. The molecule has 0 aliphatic carbocycles. The van der Waals surface area contributed by atoms with Crippen LogP contribution in [0.15, 0.2) is 72.8 Å². The highest BCUT2D eigenvalue weighted by Crippen LogP contribution is 2.25. The number of piperidine rings is 1. The van der Waals surface area contributed by atoms with Crippen LogP contribution >= 0.6 is 0 Å². The summed E-state index contributed by atoms with van der Waals surface area (Å²) in [5.41, 5.74) is 2.35. The van der Waals surface area contributed by atoms with Crippen LogP contribution in [-0.4, -0.2) is 30.9 Å². The second-order valence-electron chi connectivity index (χ2n) is 7.89. The molecule has 3 aromatic carbocycles. The van der Waals surface area contributed by atoms with Crippen molar-refractivity contribution in [1.29, 1.82) is 0 Å². The van der Waals surface area contributed by atoms with Crippen LogP contribution in [-0.2, 0) is 11.3 Å². The number of benzene rings is 3. The van der Waals surface area contributed by atoms with Gasteiger partial charge in [-0.05, 0) is 66.4 Å². The van der Waals surface area contributed by atoms with Crippen molar-refractivity contribution in [3.05, 3.63) is 78.4 Å². The van der Waals surface area contributed by atoms with Crippen LogP contribution in [0.3, 0.4) is 0 Å². The molecule has 1 saturated heterocycles. The maximum Gasteiger partial charge on any atom is 0.226 e. The third-order valence-corrected chi connectivity index (χ3v) is 5.91. The molecule has 0 saturated carbocycles. The maximum absolute atomic E-state index is 12.6. The first-order chi connectivity index (χ1) is 13.7. The van der Waals surface area contributed by atoms with Gasteiger partial charge in [-0.3, -0.25) is 9.69 Å². The number of fused-ring (bicyclic) bond motifs is 1. The van der Waals surface area contributed by atoms with Crippen LogP contribution in [0.1, 0.15) is 24.8 Å². The number of nitrogens with zero attached hydrogens (tertiary/aromatic N) is 2. The van der Waals surface area contributed by atoms with E-state index in [2.05, 4.69) is 47.4 Å². The predicted octanol–water partition coefficient (Wildman–Crippen LogP) is 5.10. The average Bonchev–Trinajstić information content (AvgIpc) is 2.75. The highest BCUT2D eigenvalue weighted by Gasteiger charge is 2.23. The van der Waals surface area contributed by atoms with E-state index in [-0.39, 0.29) is 5.91 Å². The number of para-hydroxylation sites is 1. The Morgan fingerprint density at radius 2 is 1.61 bits per heavy atom. The van der Waals surface area contributed by atoms with E-state index in [0.29, 0.717) is 12.3 Å². The Labute approximate surface area is 167 Å². The van der Waals surface area contributed by atoms with Crippen LogP contribution in [0.2, 0.25) is 0 Å². The lowest BCUT2D eigenvalue weighted by Gasteiger charge is -2.32. The van der Waals surface area contributed by atoms with Crippen LogP contribution < -0.4 is 4.90 Å². The smallest absolute Gasteiger partial charge is 0.226 e. The van der Waals surface area contributed by atoms with Crippen molar-refractivity contribution >= 4 is 22.4 Å². The molecule has 1 aliphatic rings. The van der Waals surface area contributed by atoms with Gasteiger partial charge in [-0.2, -0.15) is 0 Å². The molecule has 1 aliphatic heterocycles. The molecule has 0 aromatic heterocycles. The third-order valence-electron chi connectivity index (χ3n) is 5.91. The molecular formula is C25H28N2O. The molecule has 4 rings (SSSR count). The number of carbonyl (C=O) groups is 1. The molecule has 0 atom stereocenters. The normalized spacial score (nSPS) is 15.6. The second-order valence-corrected chi connectivity index (χ2v) is 7.89. The van der Waals surface area contributed by atoms with Crippen molar-refractivity contribution in [2.75, 3.05) is 25.0 Å². The molecule has 1 heterocycles. The zero-order chi connectivity index (χ0) is 19.3. The summed E-state index contributed by atoms with van der Waals surface area (Å²) >= 11 is 0. The van der Waals surface area contributed by atoms with Gasteiger partial charge in [0.15, 0.2) is 0 Å². The summed E-state index contributed by atoms with van der Waals surface area (Å²) in [6.07, 6.45) is 2.85. The van der Waals surface area contributed by atoms with Crippen molar-refractivity contribution in [2.24, 2.45) is 5.92 Å². The van der Waals surface area contributed by atoms with Gasteiger partial charge in [0.2, 0.25) is 5.91 Å². The van der Waals surface area contributed by atoms with E-state index in [0.717, 1.165) is 38.2 Å². The van der Waals surface area contributed by atoms with Crippen LogP contribution in [0, 0.1) is 5.92 Å². The second kappa shape index (κ2) is 8.57. The SMILES string of the molecule is CN(C(=O)CC1CCN(Cc2ccc3ccccc3c2)CC1)c1ccccc1. The fraction of sp³-hybridized carbons (Fsp3) is 0.320. The lowest BCUT2D eigenvalue weighted by Crippen LogP contribution is -2.36. The Bertz CT molecular complexity index is 929. The number of rotatable bonds is 5. The molecule has 3 heteroatoms. The minimum Gasteiger partial charge on any atom is -0.315 e. The van der Waals surface area contributed by atoms with Gasteiger partial charge in [-0.25, -0.2) is 0 Å². The Hall–Kier alpha value is -2.65.